The molecule has 0 radical (unpaired) electrons. The largest absolute Gasteiger partial charge is 0.508 e. The number of phenolic OH excluding ortho intramolecular Hbond substituents is 1. The summed E-state index contributed by atoms with van der Waals surface area (Å²) in [5.74, 6) is 0.0460. The molecule has 0 saturated carbocycles. The third-order valence-electron chi connectivity index (χ3n) is 3.39. The van der Waals surface area contributed by atoms with Crippen molar-refractivity contribution >= 4 is 39.2 Å². The van der Waals surface area contributed by atoms with Crippen LogP contribution in [0.4, 0.5) is 10.5 Å². The van der Waals surface area contributed by atoms with Crippen molar-refractivity contribution in [2.24, 2.45) is 7.05 Å². The topological polar surface area (TPSA) is 79.2 Å². The number of amides is 2. The van der Waals surface area contributed by atoms with Gasteiger partial charge in [-0.3, -0.25) is 4.68 Å². The molecular weight excluding hydrogens is 384 g/mol. The molecule has 1 aromatic heterocycles. The number of alkyl halides is 1. The summed E-state index contributed by atoms with van der Waals surface area (Å²) in [7, 11) is 1.80. The molecule has 2 aromatic rings. The van der Waals surface area contributed by atoms with E-state index >= 15 is 0 Å². The SMILES string of the molecule is CC(Cl)[C@H](C)NC(=O)Nc1cc(O)cc(-c2c(Br)cnn2C)c1. The van der Waals surface area contributed by atoms with Gasteiger partial charge in [-0.1, -0.05) is 0 Å². The first-order valence-corrected chi connectivity index (χ1v) is 8.24. The van der Waals surface area contributed by atoms with Crippen LogP contribution in [0.25, 0.3) is 11.3 Å². The number of carbonyl (C=O) groups is 1. The van der Waals surface area contributed by atoms with Crippen molar-refractivity contribution in [3.63, 3.8) is 0 Å². The maximum Gasteiger partial charge on any atom is 0.319 e. The summed E-state index contributed by atoms with van der Waals surface area (Å²) < 4.78 is 2.48. The molecular formula is C15H18BrClN4O2. The fourth-order valence-corrected chi connectivity index (χ4v) is 2.68. The van der Waals surface area contributed by atoms with Crippen LogP contribution in [-0.2, 0) is 7.05 Å². The van der Waals surface area contributed by atoms with Crippen molar-refractivity contribution in [2.75, 3.05) is 5.32 Å². The highest BCUT2D eigenvalue weighted by atomic mass is 79.9. The Balaban J connectivity index is 2.23. The van der Waals surface area contributed by atoms with E-state index in [2.05, 4.69) is 31.7 Å². The van der Waals surface area contributed by atoms with Gasteiger partial charge in [-0.2, -0.15) is 5.10 Å². The van der Waals surface area contributed by atoms with Crippen molar-refractivity contribution in [3.8, 4) is 17.0 Å². The van der Waals surface area contributed by atoms with E-state index in [0.717, 1.165) is 15.7 Å². The lowest BCUT2D eigenvalue weighted by molar-refractivity contribution is 0.249. The number of nitrogens with one attached hydrogen (secondary N) is 2. The molecule has 23 heavy (non-hydrogen) atoms. The smallest absolute Gasteiger partial charge is 0.319 e. The zero-order valence-electron chi connectivity index (χ0n) is 13.0. The van der Waals surface area contributed by atoms with E-state index in [0.29, 0.717) is 5.69 Å². The van der Waals surface area contributed by atoms with Gasteiger partial charge in [0, 0.05) is 30.4 Å². The van der Waals surface area contributed by atoms with Crippen LogP contribution in [0.2, 0.25) is 0 Å². The van der Waals surface area contributed by atoms with Crippen LogP contribution in [0.15, 0.2) is 28.9 Å². The Kier molecular flexibility index (Phi) is 5.54. The molecule has 1 aromatic carbocycles. The normalized spacial score (nSPS) is 13.4. The minimum atomic E-state index is -0.384. The summed E-state index contributed by atoms with van der Waals surface area (Å²) in [5, 5.41) is 19.3. The zero-order valence-corrected chi connectivity index (χ0v) is 15.3. The summed E-state index contributed by atoms with van der Waals surface area (Å²) in [6.07, 6.45) is 1.67. The molecule has 0 aliphatic carbocycles. The molecule has 0 spiro atoms. The number of carbonyl (C=O) groups excluding carboxylic acids is 1. The van der Waals surface area contributed by atoms with Crippen LogP contribution in [0.3, 0.4) is 0 Å². The molecule has 6 nitrogen and oxygen atoms in total. The maximum atomic E-state index is 12.0. The Labute approximate surface area is 148 Å². The van der Waals surface area contributed by atoms with Gasteiger partial charge in [-0.05, 0) is 41.9 Å². The van der Waals surface area contributed by atoms with Crippen LogP contribution >= 0.6 is 27.5 Å². The Morgan fingerprint density at radius 1 is 1.39 bits per heavy atom. The number of aromatic nitrogens is 2. The number of benzene rings is 1. The molecule has 124 valence electrons. The number of phenols is 1. The maximum absolute atomic E-state index is 12.0. The first-order valence-electron chi connectivity index (χ1n) is 7.01. The Morgan fingerprint density at radius 2 is 2.09 bits per heavy atom. The molecule has 0 bridgehead atoms. The van der Waals surface area contributed by atoms with Gasteiger partial charge in [0.2, 0.25) is 0 Å². The summed E-state index contributed by atoms with van der Waals surface area (Å²) in [6.45, 7) is 3.62. The first kappa shape index (κ1) is 17.6. The van der Waals surface area contributed by atoms with Crippen LogP contribution in [0.1, 0.15) is 13.8 Å². The highest BCUT2D eigenvalue weighted by molar-refractivity contribution is 9.10. The monoisotopic (exact) mass is 400 g/mol. The van der Waals surface area contributed by atoms with E-state index in [1.165, 1.54) is 6.07 Å². The highest BCUT2D eigenvalue weighted by Crippen LogP contribution is 2.32. The van der Waals surface area contributed by atoms with Crippen molar-refractivity contribution in [3.05, 3.63) is 28.9 Å². The summed E-state index contributed by atoms with van der Waals surface area (Å²) in [4.78, 5) is 12.0. The van der Waals surface area contributed by atoms with E-state index in [4.69, 9.17) is 11.6 Å². The summed E-state index contributed by atoms with van der Waals surface area (Å²) in [5.41, 5.74) is 2.00. The second kappa shape index (κ2) is 7.23. The van der Waals surface area contributed by atoms with E-state index in [9.17, 15) is 9.90 Å². The number of aromatic hydroxyl groups is 1. The predicted molar refractivity (Wildman–Crippen MR) is 94.9 cm³/mol. The van der Waals surface area contributed by atoms with Crippen LogP contribution in [0, 0.1) is 0 Å². The second-order valence-electron chi connectivity index (χ2n) is 5.30. The quantitative estimate of drug-likeness (QED) is 0.684. The fraction of sp³-hybridized carbons (Fsp3) is 0.333. The van der Waals surface area contributed by atoms with Gasteiger partial charge in [-0.25, -0.2) is 4.79 Å². The van der Waals surface area contributed by atoms with E-state index in [1.807, 2.05) is 6.92 Å². The van der Waals surface area contributed by atoms with Gasteiger partial charge in [0.25, 0.3) is 0 Å². The van der Waals surface area contributed by atoms with Crippen molar-refractivity contribution < 1.29 is 9.90 Å². The number of hydrogen-bond donors (Lipinski definition) is 3. The molecule has 1 heterocycles. The molecule has 0 aliphatic heterocycles. The lowest BCUT2D eigenvalue weighted by Crippen LogP contribution is -2.40. The molecule has 0 aliphatic rings. The number of hydrogen-bond acceptors (Lipinski definition) is 3. The van der Waals surface area contributed by atoms with Crippen molar-refractivity contribution in [1.82, 2.24) is 15.1 Å². The van der Waals surface area contributed by atoms with E-state index in [1.54, 1.807) is 37.0 Å². The number of halogens is 2. The van der Waals surface area contributed by atoms with Gasteiger partial charge in [0.1, 0.15) is 5.75 Å². The molecule has 1 unspecified atom stereocenters. The van der Waals surface area contributed by atoms with Crippen LogP contribution in [0.5, 0.6) is 5.75 Å². The molecule has 2 rings (SSSR count). The van der Waals surface area contributed by atoms with Gasteiger partial charge in [0.05, 0.1) is 21.7 Å². The Bertz CT molecular complexity index is 698. The highest BCUT2D eigenvalue weighted by Gasteiger charge is 2.14. The second-order valence-corrected chi connectivity index (χ2v) is 6.84. The molecule has 0 saturated heterocycles. The van der Waals surface area contributed by atoms with E-state index in [-0.39, 0.29) is 23.2 Å². The number of anilines is 1. The summed E-state index contributed by atoms with van der Waals surface area (Å²) in [6, 6.07) is 4.28. The van der Waals surface area contributed by atoms with Crippen molar-refractivity contribution in [2.45, 2.75) is 25.3 Å². The number of rotatable bonds is 4. The Morgan fingerprint density at radius 3 is 2.65 bits per heavy atom. The minimum absolute atomic E-state index is 0.0460. The predicted octanol–water partition coefficient (Wildman–Crippen LogP) is 3.69. The third-order valence-corrected chi connectivity index (χ3v) is 4.35. The fourth-order valence-electron chi connectivity index (χ4n) is 2.04. The van der Waals surface area contributed by atoms with Gasteiger partial charge in [-0.15, -0.1) is 11.6 Å². The molecule has 2 atom stereocenters. The standard InChI is InChI=1S/C15H18BrClN4O2/c1-8(17)9(2)19-15(23)20-11-4-10(5-12(22)6-11)14-13(16)7-18-21(14)3/h4-9,22H,1-3H3,(H2,19,20,23)/t8?,9-/m0/s1. The van der Waals surface area contributed by atoms with Crippen LogP contribution in [-0.4, -0.2) is 32.3 Å². The molecule has 0 fully saturated rings. The molecule has 8 heteroatoms. The van der Waals surface area contributed by atoms with Gasteiger partial charge in [0.15, 0.2) is 0 Å². The number of urea groups is 1. The van der Waals surface area contributed by atoms with E-state index < -0.39 is 0 Å². The van der Waals surface area contributed by atoms with Crippen molar-refractivity contribution in [1.29, 1.82) is 0 Å². The van der Waals surface area contributed by atoms with Gasteiger partial charge >= 0.3 is 6.03 Å². The number of nitrogens with zero attached hydrogens (tertiary/aromatic N) is 2. The average Bonchev–Trinajstić information content (AvgIpc) is 2.77. The molecule has 2 amide bonds. The summed E-state index contributed by atoms with van der Waals surface area (Å²) >= 11 is 9.35. The molecule has 3 N–H and O–H groups in total. The minimum Gasteiger partial charge on any atom is -0.508 e. The number of aryl methyl sites for hydroxylation is 1. The average molecular weight is 402 g/mol. The Hall–Kier alpha value is -1.73. The third kappa shape index (κ3) is 4.39. The first-order chi connectivity index (χ1) is 10.8. The van der Waals surface area contributed by atoms with Crippen LogP contribution < -0.4 is 10.6 Å². The van der Waals surface area contributed by atoms with Gasteiger partial charge < -0.3 is 15.7 Å². The zero-order chi connectivity index (χ0) is 17.1. The lowest BCUT2D eigenvalue weighted by atomic mass is 10.1. The lowest BCUT2D eigenvalue weighted by Gasteiger charge is -2.17.